The summed E-state index contributed by atoms with van der Waals surface area (Å²) < 4.78 is 0. The van der Waals surface area contributed by atoms with Gasteiger partial charge in [-0.1, -0.05) is 19.1 Å². The highest BCUT2D eigenvalue weighted by Crippen LogP contribution is 2.30. The lowest BCUT2D eigenvalue weighted by Crippen LogP contribution is -2.32. The van der Waals surface area contributed by atoms with Crippen LogP contribution >= 0.6 is 22.7 Å². The fourth-order valence-corrected chi connectivity index (χ4v) is 3.56. The lowest BCUT2D eigenvalue weighted by molar-refractivity contribution is 0.471. The molecular weight excluding hydrogens is 260 g/mol. The van der Waals surface area contributed by atoms with Crippen LogP contribution < -0.4 is 5.32 Å². The van der Waals surface area contributed by atoms with E-state index in [1.807, 2.05) is 0 Å². The van der Waals surface area contributed by atoms with Crippen LogP contribution in [0.25, 0.3) is 0 Å². The van der Waals surface area contributed by atoms with Crippen molar-refractivity contribution < 1.29 is 0 Å². The summed E-state index contributed by atoms with van der Waals surface area (Å²) in [6.07, 6.45) is 1.53. The molecule has 0 bridgehead atoms. The van der Waals surface area contributed by atoms with Gasteiger partial charge in [0.1, 0.15) is 0 Å². The Morgan fingerprint density at radius 1 is 1.22 bits per heavy atom. The standard InChI is InChI=1S/C14H16N2S2/c1-2-11(7-8-15)16-14(12-5-3-9-17-12)13-6-4-10-18-13/h3-6,9-11,14,16H,2,7H2,1H3. The second-order valence-corrected chi connectivity index (χ2v) is 6.06. The molecular formula is C14H16N2S2. The highest BCUT2D eigenvalue weighted by Gasteiger charge is 2.19. The van der Waals surface area contributed by atoms with Crippen molar-refractivity contribution in [3.8, 4) is 6.07 Å². The van der Waals surface area contributed by atoms with Crippen LogP contribution in [0.3, 0.4) is 0 Å². The molecule has 2 aromatic rings. The zero-order valence-corrected chi connectivity index (χ0v) is 11.9. The first-order valence-electron chi connectivity index (χ1n) is 6.05. The largest absolute Gasteiger partial charge is 0.301 e. The molecule has 0 saturated carbocycles. The number of hydrogen-bond acceptors (Lipinski definition) is 4. The summed E-state index contributed by atoms with van der Waals surface area (Å²) >= 11 is 3.52. The van der Waals surface area contributed by atoms with E-state index in [-0.39, 0.29) is 12.1 Å². The van der Waals surface area contributed by atoms with Gasteiger partial charge in [-0.3, -0.25) is 0 Å². The molecule has 2 aromatic heterocycles. The average molecular weight is 276 g/mol. The maximum absolute atomic E-state index is 8.86. The molecule has 18 heavy (non-hydrogen) atoms. The van der Waals surface area contributed by atoms with Crippen molar-refractivity contribution in [1.82, 2.24) is 5.32 Å². The van der Waals surface area contributed by atoms with E-state index in [0.29, 0.717) is 6.42 Å². The number of nitrogens with one attached hydrogen (secondary N) is 1. The van der Waals surface area contributed by atoms with E-state index >= 15 is 0 Å². The lowest BCUT2D eigenvalue weighted by atomic mass is 10.1. The van der Waals surface area contributed by atoms with Crippen LogP contribution in [0.5, 0.6) is 0 Å². The van der Waals surface area contributed by atoms with E-state index in [1.165, 1.54) is 9.75 Å². The van der Waals surface area contributed by atoms with Gasteiger partial charge < -0.3 is 5.32 Å². The predicted molar refractivity (Wildman–Crippen MR) is 77.9 cm³/mol. The van der Waals surface area contributed by atoms with Crippen LogP contribution in [0.15, 0.2) is 35.0 Å². The number of rotatable bonds is 6. The molecule has 0 amide bonds. The minimum Gasteiger partial charge on any atom is -0.301 e. The topological polar surface area (TPSA) is 35.8 Å². The highest BCUT2D eigenvalue weighted by molar-refractivity contribution is 7.11. The van der Waals surface area contributed by atoms with E-state index in [9.17, 15) is 0 Å². The predicted octanol–water partition coefficient (Wildman–Crippen LogP) is 4.18. The van der Waals surface area contributed by atoms with Gasteiger partial charge in [0.2, 0.25) is 0 Å². The fraction of sp³-hybridized carbons (Fsp3) is 0.357. The summed E-state index contributed by atoms with van der Waals surface area (Å²) in [6, 6.07) is 11.2. The molecule has 0 aliphatic carbocycles. The van der Waals surface area contributed by atoms with E-state index in [0.717, 1.165) is 6.42 Å². The second kappa shape index (κ2) is 6.69. The fourth-order valence-electron chi connectivity index (χ4n) is 1.88. The van der Waals surface area contributed by atoms with Gasteiger partial charge >= 0.3 is 0 Å². The molecule has 0 radical (unpaired) electrons. The summed E-state index contributed by atoms with van der Waals surface area (Å²) in [5, 5.41) is 16.7. The van der Waals surface area contributed by atoms with E-state index in [1.54, 1.807) is 22.7 Å². The average Bonchev–Trinajstić information content (AvgIpc) is 3.06. The first kappa shape index (κ1) is 13.3. The number of nitrogens with zero attached hydrogens (tertiary/aromatic N) is 1. The minimum atomic E-state index is 0.225. The van der Waals surface area contributed by atoms with Gasteiger partial charge in [0, 0.05) is 15.8 Å². The lowest BCUT2D eigenvalue weighted by Gasteiger charge is -2.22. The minimum absolute atomic E-state index is 0.225. The molecule has 2 nitrogen and oxygen atoms in total. The van der Waals surface area contributed by atoms with Crippen molar-refractivity contribution in [3.05, 3.63) is 44.8 Å². The molecule has 2 rings (SSSR count). The summed E-state index contributed by atoms with van der Waals surface area (Å²) in [6.45, 7) is 2.12. The number of thiophene rings is 2. The Bertz CT molecular complexity index is 448. The van der Waals surface area contributed by atoms with Crippen LogP contribution in [0.4, 0.5) is 0 Å². The summed E-state index contributed by atoms with van der Waals surface area (Å²) in [5.74, 6) is 0. The van der Waals surface area contributed by atoms with Crippen molar-refractivity contribution in [3.63, 3.8) is 0 Å². The van der Waals surface area contributed by atoms with Gasteiger partial charge in [-0.05, 0) is 29.3 Å². The van der Waals surface area contributed by atoms with Gasteiger partial charge in [0.05, 0.1) is 18.5 Å². The molecule has 1 unspecified atom stereocenters. The molecule has 0 aromatic carbocycles. The van der Waals surface area contributed by atoms with Gasteiger partial charge in [0.25, 0.3) is 0 Å². The van der Waals surface area contributed by atoms with E-state index in [4.69, 9.17) is 5.26 Å². The van der Waals surface area contributed by atoms with Crippen molar-refractivity contribution >= 4 is 22.7 Å². The first-order valence-corrected chi connectivity index (χ1v) is 7.81. The summed E-state index contributed by atoms with van der Waals surface area (Å²) in [4.78, 5) is 2.63. The van der Waals surface area contributed by atoms with Crippen molar-refractivity contribution in [2.75, 3.05) is 0 Å². The van der Waals surface area contributed by atoms with E-state index in [2.05, 4.69) is 53.3 Å². The summed E-state index contributed by atoms with van der Waals surface area (Å²) in [5.41, 5.74) is 0. The normalized spacial score (nSPS) is 12.5. The van der Waals surface area contributed by atoms with Gasteiger partial charge in [-0.2, -0.15) is 5.26 Å². The molecule has 94 valence electrons. The third kappa shape index (κ3) is 3.20. The Morgan fingerprint density at radius 3 is 2.22 bits per heavy atom. The Morgan fingerprint density at radius 2 is 1.83 bits per heavy atom. The maximum atomic E-state index is 8.86. The monoisotopic (exact) mass is 276 g/mol. The molecule has 1 N–H and O–H groups in total. The third-order valence-electron chi connectivity index (χ3n) is 2.89. The third-order valence-corrected chi connectivity index (χ3v) is 4.76. The summed E-state index contributed by atoms with van der Waals surface area (Å²) in [7, 11) is 0. The second-order valence-electron chi connectivity index (χ2n) is 4.10. The maximum Gasteiger partial charge on any atom is 0.0767 e. The zero-order chi connectivity index (χ0) is 12.8. The smallest absolute Gasteiger partial charge is 0.0767 e. The highest BCUT2D eigenvalue weighted by atomic mass is 32.1. The molecule has 0 saturated heterocycles. The van der Waals surface area contributed by atoms with Crippen molar-refractivity contribution in [1.29, 1.82) is 5.26 Å². The molecule has 0 fully saturated rings. The molecule has 0 spiro atoms. The van der Waals surface area contributed by atoms with Crippen molar-refractivity contribution in [2.24, 2.45) is 0 Å². The Hall–Kier alpha value is -1.15. The number of hydrogen-bond donors (Lipinski definition) is 1. The van der Waals surface area contributed by atoms with Gasteiger partial charge in [-0.15, -0.1) is 22.7 Å². The van der Waals surface area contributed by atoms with Gasteiger partial charge in [-0.25, -0.2) is 0 Å². The molecule has 2 heterocycles. The zero-order valence-electron chi connectivity index (χ0n) is 10.3. The first-order chi connectivity index (χ1) is 8.85. The quantitative estimate of drug-likeness (QED) is 0.859. The van der Waals surface area contributed by atoms with Crippen LogP contribution in [0.2, 0.25) is 0 Å². The van der Waals surface area contributed by atoms with Crippen molar-refractivity contribution in [2.45, 2.75) is 31.8 Å². The van der Waals surface area contributed by atoms with Crippen LogP contribution in [0, 0.1) is 11.3 Å². The number of nitriles is 1. The Kier molecular flexibility index (Phi) is 4.94. The van der Waals surface area contributed by atoms with Crippen LogP contribution in [0.1, 0.15) is 35.6 Å². The van der Waals surface area contributed by atoms with Crippen LogP contribution in [-0.4, -0.2) is 6.04 Å². The van der Waals surface area contributed by atoms with E-state index < -0.39 is 0 Å². The molecule has 1 atom stereocenters. The Labute approximate surface area is 116 Å². The van der Waals surface area contributed by atoms with Crippen LogP contribution in [-0.2, 0) is 0 Å². The Balaban J connectivity index is 2.19. The SMILES string of the molecule is CCC(CC#N)NC(c1cccs1)c1cccs1. The molecule has 4 heteroatoms. The van der Waals surface area contributed by atoms with Gasteiger partial charge in [0.15, 0.2) is 0 Å². The molecule has 0 aliphatic rings. The molecule has 0 aliphatic heterocycles.